The van der Waals surface area contributed by atoms with Crippen molar-refractivity contribution in [1.29, 1.82) is 0 Å². The van der Waals surface area contributed by atoms with Crippen molar-refractivity contribution in [3.8, 4) is 0 Å². The lowest BCUT2D eigenvalue weighted by Gasteiger charge is -2.21. The van der Waals surface area contributed by atoms with Gasteiger partial charge in [0.05, 0.1) is 11.0 Å². The Morgan fingerprint density at radius 2 is 1.60 bits per heavy atom. The summed E-state index contributed by atoms with van der Waals surface area (Å²) in [5, 5.41) is 1.95. The summed E-state index contributed by atoms with van der Waals surface area (Å²) in [6.07, 6.45) is 4.81. The number of fused-ring (bicyclic) bond motifs is 1. The Hall–Kier alpha value is -1.39. The minimum absolute atomic E-state index is 0.153. The smallest absolute Gasteiger partial charge is 0.263 e. The van der Waals surface area contributed by atoms with Crippen molar-refractivity contribution in [3.63, 3.8) is 0 Å². The molecule has 0 spiro atoms. The van der Waals surface area contributed by atoms with Crippen LogP contribution in [-0.2, 0) is 14.3 Å². The SMILES string of the molecule is O=S(=O)(OC1CCCCC1)c1ccc2ccccc2c1. The second-order valence-electron chi connectivity index (χ2n) is 5.32. The van der Waals surface area contributed by atoms with Crippen molar-refractivity contribution in [3.05, 3.63) is 42.5 Å². The molecule has 0 radical (unpaired) electrons. The van der Waals surface area contributed by atoms with Gasteiger partial charge < -0.3 is 0 Å². The average molecular weight is 290 g/mol. The molecular weight excluding hydrogens is 272 g/mol. The molecule has 0 unspecified atom stereocenters. The predicted octanol–water partition coefficient (Wildman–Crippen LogP) is 3.88. The molecule has 0 heterocycles. The van der Waals surface area contributed by atoms with E-state index in [-0.39, 0.29) is 11.0 Å². The van der Waals surface area contributed by atoms with Crippen molar-refractivity contribution < 1.29 is 12.6 Å². The zero-order valence-corrected chi connectivity index (χ0v) is 12.1. The quantitative estimate of drug-likeness (QED) is 0.806. The lowest BCUT2D eigenvalue weighted by molar-refractivity contribution is 0.162. The summed E-state index contributed by atoms with van der Waals surface area (Å²) < 4.78 is 30.0. The van der Waals surface area contributed by atoms with Crippen LogP contribution in [0.1, 0.15) is 32.1 Å². The molecule has 0 N–H and O–H groups in total. The summed E-state index contributed by atoms with van der Waals surface area (Å²) in [5.41, 5.74) is 0. The highest BCUT2D eigenvalue weighted by molar-refractivity contribution is 7.86. The summed E-state index contributed by atoms with van der Waals surface area (Å²) in [7, 11) is -3.65. The van der Waals surface area contributed by atoms with Crippen LogP contribution >= 0.6 is 0 Å². The first-order valence-corrected chi connectivity index (χ1v) is 8.48. The van der Waals surface area contributed by atoms with Gasteiger partial charge in [-0.15, -0.1) is 0 Å². The molecule has 1 fully saturated rings. The maximum Gasteiger partial charge on any atom is 0.297 e. The number of hydrogen-bond donors (Lipinski definition) is 0. The summed E-state index contributed by atoms with van der Waals surface area (Å²) >= 11 is 0. The summed E-state index contributed by atoms with van der Waals surface area (Å²) in [4.78, 5) is 0.252. The van der Waals surface area contributed by atoms with Crippen molar-refractivity contribution in [2.24, 2.45) is 0 Å². The summed E-state index contributed by atoms with van der Waals surface area (Å²) in [6, 6.07) is 12.9. The summed E-state index contributed by atoms with van der Waals surface area (Å²) in [6.45, 7) is 0. The van der Waals surface area contributed by atoms with Gasteiger partial charge in [-0.1, -0.05) is 49.6 Å². The monoisotopic (exact) mass is 290 g/mol. The van der Waals surface area contributed by atoms with E-state index in [0.29, 0.717) is 0 Å². The fourth-order valence-electron chi connectivity index (χ4n) is 2.72. The molecule has 1 aliphatic rings. The topological polar surface area (TPSA) is 43.4 Å². The van der Waals surface area contributed by atoms with Crippen molar-refractivity contribution in [2.45, 2.75) is 43.1 Å². The molecule has 4 heteroatoms. The van der Waals surface area contributed by atoms with E-state index in [1.807, 2.05) is 30.3 Å². The van der Waals surface area contributed by atoms with E-state index in [2.05, 4.69) is 0 Å². The van der Waals surface area contributed by atoms with Gasteiger partial charge in [-0.25, -0.2) is 0 Å². The minimum Gasteiger partial charge on any atom is -0.263 e. The van der Waals surface area contributed by atoms with Crippen LogP contribution in [-0.4, -0.2) is 14.5 Å². The van der Waals surface area contributed by atoms with Crippen LogP contribution in [0.5, 0.6) is 0 Å². The molecule has 0 aromatic heterocycles. The van der Waals surface area contributed by atoms with E-state index in [1.54, 1.807) is 12.1 Å². The Bertz CT molecular complexity index is 700. The fourth-order valence-corrected chi connectivity index (χ4v) is 3.89. The number of rotatable bonds is 3. The Morgan fingerprint density at radius 3 is 2.35 bits per heavy atom. The van der Waals surface area contributed by atoms with Gasteiger partial charge in [-0.05, 0) is 35.7 Å². The molecular formula is C16H18O3S. The molecule has 3 rings (SSSR count). The molecule has 106 valence electrons. The van der Waals surface area contributed by atoms with Crippen LogP contribution in [0.4, 0.5) is 0 Å². The first-order valence-electron chi connectivity index (χ1n) is 7.07. The molecule has 0 atom stereocenters. The van der Waals surface area contributed by atoms with Gasteiger partial charge in [0.2, 0.25) is 0 Å². The normalized spacial score (nSPS) is 17.4. The van der Waals surface area contributed by atoms with E-state index in [1.165, 1.54) is 6.42 Å². The molecule has 1 aliphatic carbocycles. The second-order valence-corrected chi connectivity index (χ2v) is 6.89. The van der Waals surface area contributed by atoms with Crippen LogP contribution in [0, 0.1) is 0 Å². The highest BCUT2D eigenvalue weighted by Crippen LogP contribution is 2.26. The third-order valence-electron chi connectivity index (χ3n) is 3.82. The zero-order chi connectivity index (χ0) is 14.0. The highest BCUT2D eigenvalue weighted by atomic mass is 32.2. The predicted molar refractivity (Wildman–Crippen MR) is 79.1 cm³/mol. The standard InChI is InChI=1S/C16H18O3S/c17-20(18,19-15-8-2-1-3-9-15)16-11-10-13-6-4-5-7-14(13)12-16/h4-7,10-12,15H,1-3,8-9H2. The third-order valence-corrected chi connectivity index (χ3v) is 5.18. The molecule has 0 amide bonds. The molecule has 2 aromatic rings. The first-order chi connectivity index (χ1) is 9.65. The second kappa shape index (κ2) is 5.54. The van der Waals surface area contributed by atoms with Crippen molar-refractivity contribution >= 4 is 20.9 Å². The molecule has 0 bridgehead atoms. The number of benzene rings is 2. The van der Waals surface area contributed by atoms with Gasteiger partial charge in [0, 0.05) is 0 Å². The van der Waals surface area contributed by atoms with Crippen LogP contribution in [0.25, 0.3) is 10.8 Å². The number of hydrogen-bond acceptors (Lipinski definition) is 3. The molecule has 0 saturated heterocycles. The Labute approximate surface area is 119 Å². The average Bonchev–Trinajstić information content (AvgIpc) is 2.47. The van der Waals surface area contributed by atoms with E-state index in [9.17, 15) is 8.42 Å². The van der Waals surface area contributed by atoms with Crippen LogP contribution in [0.15, 0.2) is 47.4 Å². The van der Waals surface area contributed by atoms with Gasteiger partial charge in [-0.3, -0.25) is 4.18 Å². The van der Waals surface area contributed by atoms with Crippen molar-refractivity contribution in [1.82, 2.24) is 0 Å². The highest BCUT2D eigenvalue weighted by Gasteiger charge is 2.23. The fraction of sp³-hybridized carbons (Fsp3) is 0.375. The van der Waals surface area contributed by atoms with Gasteiger partial charge in [-0.2, -0.15) is 8.42 Å². The molecule has 0 aliphatic heterocycles. The zero-order valence-electron chi connectivity index (χ0n) is 11.3. The van der Waals surface area contributed by atoms with E-state index in [4.69, 9.17) is 4.18 Å². The summed E-state index contributed by atoms with van der Waals surface area (Å²) in [5.74, 6) is 0. The van der Waals surface area contributed by atoms with Crippen molar-refractivity contribution in [2.75, 3.05) is 0 Å². The lowest BCUT2D eigenvalue weighted by Crippen LogP contribution is -2.21. The van der Waals surface area contributed by atoms with E-state index >= 15 is 0 Å². The lowest BCUT2D eigenvalue weighted by atomic mass is 9.98. The van der Waals surface area contributed by atoms with Crippen LogP contribution < -0.4 is 0 Å². The van der Waals surface area contributed by atoms with E-state index < -0.39 is 10.1 Å². The first kappa shape index (κ1) is 13.6. The van der Waals surface area contributed by atoms with Crippen LogP contribution in [0.2, 0.25) is 0 Å². The molecule has 1 saturated carbocycles. The van der Waals surface area contributed by atoms with Gasteiger partial charge >= 0.3 is 0 Å². The maximum absolute atomic E-state index is 12.3. The van der Waals surface area contributed by atoms with E-state index in [0.717, 1.165) is 36.5 Å². The largest absolute Gasteiger partial charge is 0.297 e. The third kappa shape index (κ3) is 2.86. The Morgan fingerprint density at radius 1 is 0.900 bits per heavy atom. The Kier molecular flexibility index (Phi) is 3.76. The van der Waals surface area contributed by atoms with Gasteiger partial charge in [0.25, 0.3) is 10.1 Å². The molecule has 2 aromatic carbocycles. The maximum atomic E-state index is 12.3. The molecule has 20 heavy (non-hydrogen) atoms. The molecule has 3 nitrogen and oxygen atoms in total. The van der Waals surface area contributed by atoms with Gasteiger partial charge in [0.1, 0.15) is 0 Å². The van der Waals surface area contributed by atoms with Crippen LogP contribution in [0.3, 0.4) is 0 Å². The van der Waals surface area contributed by atoms with Gasteiger partial charge in [0.15, 0.2) is 0 Å². The Balaban J connectivity index is 1.88. The minimum atomic E-state index is -3.65.